The molecule has 0 aliphatic carbocycles. The van der Waals surface area contributed by atoms with Crippen LogP contribution in [0.25, 0.3) is 22.6 Å². The summed E-state index contributed by atoms with van der Waals surface area (Å²) in [4.78, 5) is 21.2. The van der Waals surface area contributed by atoms with Crippen molar-refractivity contribution >= 4 is 22.7 Å². The fraction of sp³-hybridized carbons (Fsp3) is 0.0952. The number of aromatic nitrogens is 2. The van der Waals surface area contributed by atoms with E-state index in [1.165, 1.54) is 0 Å². The van der Waals surface area contributed by atoms with Crippen LogP contribution >= 0.6 is 0 Å². The lowest BCUT2D eigenvalue weighted by atomic mass is 10.0. The number of carbonyl (C=O) groups is 1. The summed E-state index contributed by atoms with van der Waals surface area (Å²) >= 11 is 0. The van der Waals surface area contributed by atoms with Crippen LogP contribution in [0.1, 0.15) is 18.4 Å². The van der Waals surface area contributed by atoms with Gasteiger partial charge in [0, 0.05) is 18.0 Å². The quantitative estimate of drug-likeness (QED) is 0.586. The zero-order valence-corrected chi connectivity index (χ0v) is 14.2. The first-order valence-corrected chi connectivity index (χ1v) is 8.38. The van der Waals surface area contributed by atoms with Crippen LogP contribution < -0.4 is 5.32 Å². The van der Waals surface area contributed by atoms with Crippen LogP contribution in [0.2, 0.25) is 0 Å². The van der Waals surface area contributed by atoms with E-state index in [1.807, 2.05) is 67.6 Å². The van der Waals surface area contributed by atoms with E-state index in [-0.39, 0.29) is 11.8 Å². The lowest BCUT2D eigenvalue weighted by Gasteiger charge is -2.12. The highest BCUT2D eigenvalue weighted by atomic mass is 16.3. The molecule has 128 valence electrons. The Morgan fingerprint density at radius 3 is 2.54 bits per heavy atom. The van der Waals surface area contributed by atoms with Gasteiger partial charge in [-0.05, 0) is 36.8 Å². The molecule has 1 amide bonds. The molecule has 2 heterocycles. The number of amides is 1. The Morgan fingerprint density at radius 2 is 1.77 bits per heavy atom. The van der Waals surface area contributed by atoms with Crippen LogP contribution in [0, 0.1) is 0 Å². The monoisotopic (exact) mass is 343 g/mol. The molecule has 2 aromatic carbocycles. The van der Waals surface area contributed by atoms with Crippen molar-refractivity contribution in [1.29, 1.82) is 0 Å². The highest BCUT2D eigenvalue weighted by Crippen LogP contribution is 2.29. The number of benzene rings is 2. The average molecular weight is 343 g/mol. The average Bonchev–Trinajstić information content (AvgIpc) is 3.14. The summed E-state index contributed by atoms with van der Waals surface area (Å²) in [6.45, 7) is 1.88. The van der Waals surface area contributed by atoms with Crippen LogP contribution in [0.3, 0.4) is 0 Å². The third-order valence-electron chi connectivity index (χ3n) is 4.30. The second kappa shape index (κ2) is 6.80. The van der Waals surface area contributed by atoms with Gasteiger partial charge in [-0.25, -0.2) is 4.98 Å². The number of carbonyl (C=O) groups excluding carboxylic acids is 1. The summed E-state index contributed by atoms with van der Waals surface area (Å²) < 4.78 is 5.83. The Morgan fingerprint density at radius 1 is 1.00 bits per heavy atom. The summed E-state index contributed by atoms with van der Waals surface area (Å²) in [6, 6.07) is 18.9. The molecule has 0 radical (unpaired) electrons. The van der Waals surface area contributed by atoms with Gasteiger partial charge in [-0.1, -0.05) is 36.4 Å². The van der Waals surface area contributed by atoms with E-state index < -0.39 is 0 Å². The molecule has 0 saturated heterocycles. The number of hydrogen-bond acceptors (Lipinski definition) is 4. The van der Waals surface area contributed by atoms with Crippen molar-refractivity contribution in [2.24, 2.45) is 0 Å². The minimum atomic E-state index is -0.266. The number of nitrogens with one attached hydrogen (secondary N) is 1. The fourth-order valence-electron chi connectivity index (χ4n) is 2.80. The summed E-state index contributed by atoms with van der Waals surface area (Å²) in [6.07, 6.45) is 3.38. The molecular formula is C21H17N3O2. The third kappa shape index (κ3) is 3.07. The number of para-hydroxylation sites is 1. The van der Waals surface area contributed by atoms with Crippen LogP contribution in [0.15, 0.2) is 77.5 Å². The van der Waals surface area contributed by atoms with Crippen LogP contribution in [-0.2, 0) is 4.79 Å². The molecule has 26 heavy (non-hydrogen) atoms. The molecule has 0 aliphatic heterocycles. The van der Waals surface area contributed by atoms with Crippen molar-refractivity contribution in [2.75, 3.05) is 5.32 Å². The van der Waals surface area contributed by atoms with E-state index in [2.05, 4.69) is 15.3 Å². The Hall–Kier alpha value is -3.47. The molecular weight excluding hydrogens is 326 g/mol. The van der Waals surface area contributed by atoms with Crippen molar-refractivity contribution in [2.45, 2.75) is 12.8 Å². The number of anilines is 1. The lowest BCUT2D eigenvalue weighted by Crippen LogP contribution is -2.19. The maximum Gasteiger partial charge on any atom is 0.231 e. The largest absolute Gasteiger partial charge is 0.436 e. The number of hydrogen-bond donors (Lipinski definition) is 1. The highest BCUT2D eigenvalue weighted by molar-refractivity contribution is 6.02. The summed E-state index contributed by atoms with van der Waals surface area (Å²) in [5.74, 6) is 0.149. The van der Waals surface area contributed by atoms with Gasteiger partial charge in [-0.15, -0.1) is 0 Å². The number of nitrogens with zero attached hydrogens (tertiary/aromatic N) is 2. The van der Waals surface area contributed by atoms with Crippen molar-refractivity contribution in [3.63, 3.8) is 0 Å². The zero-order valence-electron chi connectivity index (χ0n) is 14.2. The molecule has 1 atom stereocenters. The van der Waals surface area contributed by atoms with Crippen molar-refractivity contribution < 1.29 is 9.21 Å². The smallest absolute Gasteiger partial charge is 0.231 e. The molecule has 5 heteroatoms. The lowest BCUT2D eigenvalue weighted by molar-refractivity contribution is -0.117. The van der Waals surface area contributed by atoms with Crippen LogP contribution in [0.5, 0.6) is 0 Å². The maximum atomic E-state index is 12.7. The Labute approximate surface area is 150 Å². The Kier molecular flexibility index (Phi) is 4.19. The van der Waals surface area contributed by atoms with Crippen LogP contribution in [-0.4, -0.2) is 15.9 Å². The zero-order chi connectivity index (χ0) is 17.9. The van der Waals surface area contributed by atoms with Gasteiger partial charge >= 0.3 is 0 Å². The maximum absolute atomic E-state index is 12.7. The number of rotatable bonds is 4. The van der Waals surface area contributed by atoms with E-state index >= 15 is 0 Å². The molecule has 0 spiro atoms. The minimum Gasteiger partial charge on any atom is -0.436 e. The second-order valence-electron chi connectivity index (χ2n) is 6.03. The van der Waals surface area contributed by atoms with Gasteiger partial charge in [0.1, 0.15) is 5.52 Å². The molecule has 0 saturated carbocycles. The second-order valence-corrected chi connectivity index (χ2v) is 6.03. The number of fused-ring (bicyclic) bond motifs is 1. The van der Waals surface area contributed by atoms with E-state index in [0.29, 0.717) is 22.7 Å². The predicted octanol–water partition coefficient (Wildman–Crippen LogP) is 4.63. The van der Waals surface area contributed by atoms with Gasteiger partial charge in [-0.2, -0.15) is 0 Å². The number of pyridine rings is 1. The third-order valence-corrected chi connectivity index (χ3v) is 4.30. The molecule has 1 unspecified atom stereocenters. The van der Waals surface area contributed by atoms with Crippen molar-refractivity contribution in [1.82, 2.24) is 9.97 Å². The first-order chi connectivity index (χ1) is 12.7. The van der Waals surface area contributed by atoms with Gasteiger partial charge < -0.3 is 9.73 Å². The van der Waals surface area contributed by atoms with E-state index in [9.17, 15) is 4.79 Å². The first kappa shape index (κ1) is 16.0. The molecule has 0 fully saturated rings. The molecule has 5 nitrogen and oxygen atoms in total. The molecule has 4 rings (SSSR count). The van der Waals surface area contributed by atoms with Crippen molar-refractivity contribution in [3.8, 4) is 11.5 Å². The molecule has 0 aliphatic rings. The van der Waals surface area contributed by atoms with Gasteiger partial charge in [0.2, 0.25) is 11.8 Å². The van der Waals surface area contributed by atoms with Gasteiger partial charge in [0.05, 0.1) is 11.6 Å². The Bertz CT molecular complexity index is 1040. The summed E-state index contributed by atoms with van der Waals surface area (Å²) in [5, 5.41) is 2.97. The molecule has 1 N–H and O–H groups in total. The SMILES string of the molecule is CC(C(=O)Nc1cccc2oc(-c3ccncc3)nc12)c1ccccc1. The fourth-order valence-corrected chi connectivity index (χ4v) is 2.80. The van der Waals surface area contributed by atoms with Crippen molar-refractivity contribution in [3.05, 3.63) is 78.6 Å². The first-order valence-electron chi connectivity index (χ1n) is 8.38. The van der Waals surface area contributed by atoms with Gasteiger partial charge in [0.25, 0.3) is 0 Å². The normalized spacial score (nSPS) is 12.0. The van der Waals surface area contributed by atoms with E-state index in [0.717, 1.165) is 11.1 Å². The highest BCUT2D eigenvalue weighted by Gasteiger charge is 2.18. The Balaban J connectivity index is 1.64. The van der Waals surface area contributed by atoms with E-state index in [1.54, 1.807) is 12.4 Å². The van der Waals surface area contributed by atoms with Gasteiger partial charge in [-0.3, -0.25) is 9.78 Å². The summed E-state index contributed by atoms with van der Waals surface area (Å²) in [7, 11) is 0. The van der Waals surface area contributed by atoms with Gasteiger partial charge in [0.15, 0.2) is 5.58 Å². The van der Waals surface area contributed by atoms with E-state index in [4.69, 9.17) is 4.42 Å². The minimum absolute atomic E-state index is 0.0860. The molecule has 0 bridgehead atoms. The van der Waals surface area contributed by atoms with Crippen LogP contribution in [0.4, 0.5) is 5.69 Å². The molecule has 2 aromatic heterocycles. The topological polar surface area (TPSA) is 68.0 Å². The predicted molar refractivity (Wildman–Crippen MR) is 101 cm³/mol. The number of oxazole rings is 1. The molecule has 4 aromatic rings. The standard InChI is InChI=1S/C21H17N3O2/c1-14(15-6-3-2-4-7-15)20(25)23-17-8-5-9-18-19(17)24-21(26-18)16-10-12-22-13-11-16/h2-14H,1H3,(H,23,25). The summed E-state index contributed by atoms with van der Waals surface area (Å²) in [5.41, 5.74) is 3.70.